The van der Waals surface area contributed by atoms with Gasteiger partial charge in [-0.1, -0.05) is 23.7 Å². The summed E-state index contributed by atoms with van der Waals surface area (Å²) in [6.45, 7) is -2.13. The molecule has 5 nitrogen and oxygen atoms in total. The van der Waals surface area contributed by atoms with Gasteiger partial charge in [-0.25, -0.2) is 0 Å². The van der Waals surface area contributed by atoms with Crippen LogP contribution < -0.4 is 20.1 Å². The molecule has 8 heteroatoms. The molecule has 0 radical (unpaired) electrons. The van der Waals surface area contributed by atoms with Gasteiger partial charge in [-0.2, -0.15) is 8.78 Å². The lowest BCUT2D eigenvalue weighted by atomic mass is 10.2. The van der Waals surface area contributed by atoms with Crippen molar-refractivity contribution in [3.8, 4) is 11.5 Å². The van der Waals surface area contributed by atoms with Crippen molar-refractivity contribution in [2.75, 3.05) is 14.2 Å². The van der Waals surface area contributed by atoms with Crippen LogP contribution in [0.25, 0.3) is 0 Å². The fourth-order valence-corrected chi connectivity index (χ4v) is 2.35. The molecule has 0 spiro atoms. The summed E-state index contributed by atoms with van der Waals surface area (Å²) in [7, 11) is 3.13. The van der Waals surface area contributed by atoms with Crippen molar-refractivity contribution in [1.29, 1.82) is 0 Å². The summed E-state index contributed by atoms with van der Waals surface area (Å²) in [5, 5.41) is 6.87. The van der Waals surface area contributed by atoms with Crippen molar-refractivity contribution in [2.24, 2.45) is 4.99 Å². The molecular formula is C18H20ClF2N3O2. The average molecular weight is 384 g/mol. The Kier molecular flexibility index (Phi) is 7.47. The summed E-state index contributed by atoms with van der Waals surface area (Å²) >= 11 is 5.86. The molecule has 140 valence electrons. The smallest absolute Gasteiger partial charge is 0.387 e. The highest BCUT2D eigenvalue weighted by Crippen LogP contribution is 2.25. The van der Waals surface area contributed by atoms with E-state index in [0.29, 0.717) is 28.8 Å². The highest BCUT2D eigenvalue weighted by Gasteiger charge is 2.11. The predicted octanol–water partition coefficient (Wildman–Crippen LogP) is 3.82. The summed E-state index contributed by atoms with van der Waals surface area (Å²) in [5.74, 6) is 1.15. The molecule has 0 aliphatic heterocycles. The second-order valence-electron chi connectivity index (χ2n) is 5.26. The molecule has 0 unspecified atom stereocenters. The highest BCUT2D eigenvalue weighted by molar-refractivity contribution is 6.30. The molecule has 0 aliphatic rings. The zero-order valence-electron chi connectivity index (χ0n) is 14.4. The zero-order chi connectivity index (χ0) is 18.9. The third-order valence-corrected chi connectivity index (χ3v) is 3.78. The van der Waals surface area contributed by atoms with Crippen LogP contribution in [0.4, 0.5) is 8.78 Å². The van der Waals surface area contributed by atoms with Gasteiger partial charge in [0.1, 0.15) is 11.5 Å². The van der Waals surface area contributed by atoms with Gasteiger partial charge >= 0.3 is 6.61 Å². The predicted molar refractivity (Wildman–Crippen MR) is 98.1 cm³/mol. The zero-order valence-corrected chi connectivity index (χ0v) is 15.2. The quantitative estimate of drug-likeness (QED) is 0.564. The number of nitrogens with one attached hydrogen (secondary N) is 2. The molecule has 0 heterocycles. The fourth-order valence-electron chi connectivity index (χ4n) is 2.22. The van der Waals surface area contributed by atoms with E-state index in [1.54, 1.807) is 31.3 Å². The molecule has 2 N–H and O–H groups in total. The van der Waals surface area contributed by atoms with Crippen molar-refractivity contribution >= 4 is 17.6 Å². The number of alkyl halides is 2. The van der Waals surface area contributed by atoms with Gasteiger partial charge in [0.2, 0.25) is 0 Å². The molecule has 0 fully saturated rings. The number of halogens is 3. The standard InChI is InChI=1S/C18H20ClF2N3O2/c1-22-18(23-10-12-3-5-14(19)6-4-12)24-11-13-9-15(25-2)7-8-16(13)26-17(20)21/h3-9,17H,10-11H2,1-2H3,(H2,22,23,24). The minimum absolute atomic E-state index is 0.0847. The van der Waals surface area contributed by atoms with Gasteiger partial charge < -0.3 is 20.1 Å². The molecule has 0 atom stereocenters. The van der Waals surface area contributed by atoms with Crippen LogP contribution in [-0.4, -0.2) is 26.7 Å². The normalized spacial score (nSPS) is 11.4. The van der Waals surface area contributed by atoms with Crippen LogP contribution in [0.15, 0.2) is 47.5 Å². The Balaban J connectivity index is 1.99. The summed E-state index contributed by atoms with van der Waals surface area (Å²) in [4.78, 5) is 4.12. The minimum atomic E-state index is -2.90. The average Bonchev–Trinajstić information content (AvgIpc) is 2.64. The Morgan fingerprint density at radius 3 is 2.42 bits per heavy atom. The van der Waals surface area contributed by atoms with E-state index in [9.17, 15) is 8.78 Å². The lowest BCUT2D eigenvalue weighted by molar-refractivity contribution is -0.0504. The Bertz CT molecular complexity index is 740. The van der Waals surface area contributed by atoms with Gasteiger partial charge in [-0.3, -0.25) is 4.99 Å². The Morgan fingerprint density at radius 1 is 1.12 bits per heavy atom. The number of aliphatic imine (C=N–C) groups is 1. The molecular weight excluding hydrogens is 364 g/mol. The number of hydrogen-bond acceptors (Lipinski definition) is 3. The van der Waals surface area contributed by atoms with Crippen molar-refractivity contribution in [3.63, 3.8) is 0 Å². The molecule has 2 rings (SSSR count). The van der Waals surface area contributed by atoms with E-state index in [4.69, 9.17) is 16.3 Å². The number of guanidine groups is 1. The van der Waals surface area contributed by atoms with E-state index in [-0.39, 0.29) is 12.3 Å². The molecule has 26 heavy (non-hydrogen) atoms. The summed E-state index contributed by atoms with van der Waals surface area (Å²) in [6, 6.07) is 12.1. The summed E-state index contributed by atoms with van der Waals surface area (Å²) < 4.78 is 34.8. The Hall–Kier alpha value is -2.54. The van der Waals surface area contributed by atoms with Crippen LogP contribution in [0.5, 0.6) is 11.5 Å². The molecule has 0 amide bonds. The van der Waals surface area contributed by atoms with Gasteiger partial charge in [-0.15, -0.1) is 0 Å². The first kappa shape index (κ1) is 19.8. The Morgan fingerprint density at radius 2 is 1.81 bits per heavy atom. The number of rotatable bonds is 7. The van der Waals surface area contributed by atoms with Crippen LogP contribution >= 0.6 is 11.6 Å². The minimum Gasteiger partial charge on any atom is -0.497 e. The van der Waals surface area contributed by atoms with E-state index < -0.39 is 6.61 Å². The number of benzene rings is 2. The molecule has 0 saturated heterocycles. The van der Waals surface area contributed by atoms with Crippen molar-refractivity contribution in [1.82, 2.24) is 10.6 Å². The number of nitrogens with zero attached hydrogens (tertiary/aromatic N) is 1. The topological polar surface area (TPSA) is 54.9 Å². The van der Waals surface area contributed by atoms with E-state index in [2.05, 4.69) is 20.4 Å². The number of ether oxygens (including phenoxy) is 2. The van der Waals surface area contributed by atoms with Crippen LogP contribution in [0.3, 0.4) is 0 Å². The van der Waals surface area contributed by atoms with Gasteiger partial charge in [0, 0.05) is 30.7 Å². The first-order valence-corrected chi connectivity index (χ1v) is 8.20. The largest absolute Gasteiger partial charge is 0.497 e. The third kappa shape index (κ3) is 6.07. The lowest BCUT2D eigenvalue weighted by Gasteiger charge is -2.15. The maximum Gasteiger partial charge on any atom is 0.387 e. The SMILES string of the molecule is CN=C(NCc1ccc(Cl)cc1)NCc1cc(OC)ccc1OC(F)F. The lowest BCUT2D eigenvalue weighted by Crippen LogP contribution is -2.36. The van der Waals surface area contributed by atoms with Crippen LogP contribution in [-0.2, 0) is 13.1 Å². The van der Waals surface area contributed by atoms with Gasteiger partial charge in [0.05, 0.1) is 7.11 Å². The first-order valence-electron chi connectivity index (χ1n) is 7.82. The fraction of sp³-hybridized carbons (Fsp3) is 0.278. The summed E-state index contributed by atoms with van der Waals surface area (Å²) in [5.41, 5.74) is 1.56. The van der Waals surface area contributed by atoms with E-state index in [1.165, 1.54) is 13.2 Å². The molecule has 0 aromatic heterocycles. The third-order valence-electron chi connectivity index (χ3n) is 3.53. The number of methoxy groups -OCH3 is 1. The second-order valence-corrected chi connectivity index (χ2v) is 5.69. The van der Waals surface area contributed by atoms with Crippen molar-refractivity contribution in [3.05, 3.63) is 58.6 Å². The van der Waals surface area contributed by atoms with E-state index >= 15 is 0 Å². The Labute approximate surface area is 156 Å². The van der Waals surface area contributed by atoms with Crippen LogP contribution in [0, 0.1) is 0 Å². The number of hydrogen-bond donors (Lipinski definition) is 2. The molecule has 0 aliphatic carbocycles. The van der Waals surface area contributed by atoms with E-state index in [0.717, 1.165) is 5.56 Å². The molecule has 2 aromatic carbocycles. The maximum atomic E-state index is 12.6. The van der Waals surface area contributed by atoms with Gasteiger partial charge in [0.15, 0.2) is 5.96 Å². The van der Waals surface area contributed by atoms with Crippen LogP contribution in [0.1, 0.15) is 11.1 Å². The molecule has 0 bridgehead atoms. The van der Waals surface area contributed by atoms with Crippen molar-refractivity contribution < 1.29 is 18.3 Å². The first-order chi connectivity index (χ1) is 12.5. The van der Waals surface area contributed by atoms with Gasteiger partial charge in [0.25, 0.3) is 0 Å². The maximum absolute atomic E-state index is 12.6. The summed E-state index contributed by atoms with van der Waals surface area (Å²) in [6.07, 6.45) is 0. The monoisotopic (exact) mass is 383 g/mol. The molecule has 0 saturated carbocycles. The molecule has 2 aromatic rings. The van der Waals surface area contributed by atoms with Crippen molar-refractivity contribution in [2.45, 2.75) is 19.7 Å². The van der Waals surface area contributed by atoms with Crippen LogP contribution in [0.2, 0.25) is 5.02 Å². The second kappa shape index (κ2) is 9.82. The van der Waals surface area contributed by atoms with E-state index in [1.807, 2.05) is 12.1 Å². The van der Waals surface area contributed by atoms with Gasteiger partial charge in [-0.05, 0) is 35.9 Å². The highest BCUT2D eigenvalue weighted by atomic mass is 35.5.